The van der Waals surface area contributed by atoms with Crippen molar-refractivity contribution in [1.29, 1.82) is 0 Å². The molecule has 8 nitrogen and oxygen atoms in total. The molecule has 1 fully saturated rings. The number of nitrogens with zero attached hydrogens (tertiary/aromatic N) is 2. The Balaban J connectivity index is 1.89. The zero-order valence-electron chi connectivity index (χ0n) is 21.4. The molecule has 196 valence electrons. The number of sulfonamides is 1. The van der Waals surface area contributed by atoms with E-state index in [0.717, 1.165) is 41.8 Å². The third-order valence-electron chi connectivity index (χ3n) is 6.57. The molecule has 3 rings (SSSR count). The van der Waals surface area contributed by atoms with Crippen molar-refractivity contribution >= 4 is 27.5 Å². The Morgan fingerprint density at radius 2 is 1.67 bits per heavy atom. The van der Waals surface area contributed by atoms with Crippen LogP contribution in [-0.2, 0) is 26.2 Å². The Morgan fingerprint density at radius 1 is 1.03 bits per heavy atom. The van der Waals surface area contributed by atoms with Crippen molar-refractivity contribution in [2.45, 2.75) is 64.1 Å². The SMILES string of the molecule is CCC(C(=O)NC1CCCCC1)N(Cc1ccc(OC)cc1)C(=O)CN(c1ccccc1)S(C)(=O)=O. The summed E-state index contributed by atoms with van der Waals surface area (Å²) in [4.78, 5) is 28.6. The highest BCUT2D eigenvalue weighted by Gasteiger charge is 2.32. The molecule has 0 aromatic heterocycles. The summed E-state index contributed by atoms with van der Waals surface area (Å²) in [5, 5.41) is 3.14. The number of hydrogen-bond acceptors (Lipinski definition) is 5. The van der Waals surface area contributed by atoms with E-state index >= 15 is 0 Å². The lowest BCUT2D eigenvalue weighted by molar-refractivity contribution is -0.140. The second kappa shape index (κ2) is 12.8. The van der Waals surface area contributed by atoms with Crippen LogP contribution in [0.5, 0.6) is 5.75 Å². The summed E-state index contributed by atoms with van der Waals surface area (Å²) < 4.78 is 31.6. The molecule has 0 spiro atoms. The second-order valence-corrected chi connectivity index (χ2v) is 11.1. The number of hydrogen-bond donors (Lipinski definition) is 1. The van der Waals surface area contributed by atoms with Crippen LogP contribution in [0.1, 0.15) is 51.0 Å². The van der Waals surface area contributed by atoms with E-state index in [9.17, 15) is 18.0 Å². The Hall–Kier alpha value is -3.07. The number of para-hydroxylation sites is 1. The average Bonchev–Trinajstić information content (AvgIpc) is 2.87. The van der Waals surface area contributed by atoms with E-state index in [-0.39, 0.29) is 18.5 Å². The fourth-order valence-electron chi connectivity index (χ4n) is 4.60. The van der Waals surface area contributed by atoms with Crippen molar-refractivity contribution in [2.75, 3.05) is 24.2 Å². The first-order valence-electron chi connectivity index (χ1n) is 12.5. The van der Waals surface area contributed by atoms with Gasteiger partial charge in [-0.05, 0) is 49.1 Å². The van der Waals surface area contributed by atoms with Gasteiger partial charge in [-0.25, -0.2) is 8.42 Å². The quantitative estimate of drug-likeness (QED) is 0.492. The van der Waals surface area contributed by atoms with Crippen LogP contribution < -0.4 is 14.4 Å². The van der Waals surface area contributed by atoms with Crippen LogP contribution in [0.4, 0.5) is 5.69 Å². The van der Waals surface area contributed by atoms with Crippen molar-refractivity contribution in [3.8, 4) is 5.75 Å². The second-order valence-electron chi connectivity index (χ2n) is 9.24. The number of rotatable bonds is 11. The number of amides is 2. The number of carbonyl (C=O) groups excluding carboxylic acids is 2. The van der Waals surface area contributed by atoms with E-state index in [1.165, 1.54) is 11.3 Å². The predicted octanol–water partition coefficient (Wildman–Crippen LogP) is 3.72. The maximum Gasteiger partial charge on any atom is 0.244 e. The summed E-state index contributed by atoms with van der Waals surface area (Å²) in [6.07, 6.45) is 6.69. The van der Waals surface area contributed by atoms with Gasteiger partial charge in [0.1, 0.15) is 18.3 Å². The minimum absolute atomic E-state index is 0.107. The maximum atomic E-state index is 13.7. The lowest BCUT2D eigenvalue weighted by atomic mass is 9.95. The van der Waals surface area contributed by atoms with Crippen LogP contribution in [0, 0.1) is 0 Å². The van der Waals surface area contributed by atoms with E-state index < -0.39 is 28.5 Å². The Morgan fingerprint density at radius 3 is 2.22 bits per heavy atom. The van der Waals surface area contributed by atoms with Crippen molar-refractivity contribution < 1.29 is 22.7 Å². The summed E-state index contributed by atoms with van der Waals surface area (Å²) in [5.74, 6) is 0.0497. The fourth-order valence-corrected chi connectivity index (χ4v) is 5.45. The fraction of sp³-hybridized carbons (Fsp3) is 0.481. The molecule has 2 aromatic carbocycles. The third-order valence-corrected chi connectivity index (χ3v) is 7.71. The van der Waals surface area contributed by atoms with E-state index in [0.29, 0.717) is 17.9 Å². The van der Waals surface area contributed by atoms with Gasteiger partial charge in [0.05, 0.1) is 19.1 Å². The summed E-state index contributed by atoms with van der Waals surface area (Å²) in [6.45, 7) is 1.64. The minimum atomic E-state index is -3.74. The number of methoxy groups -OCH3 is 1. The van der Waals surface area contributed by atoms with Gasteiger partial charge in [-0.3, -0.25) is 13.9 Å². The first-order chi connectivity index (χ1) is 17.2. The van der Waals surface area contributed by atoms with Gasteiger partial charge in [-0.15, -0.1) is 0 Å². The maximum absolute atomic E-state index is 13.7. The zero-order valence-corrected chi connectivity index (χ0v) is 22.2. The summed E-state index contributed by atoms with van der Waals surface area (Å²) in [7, 11) is -2.15. The molecule has 9 heteroatoms. The highest BCUT2D eigenvalue weighted by molar-refractivity contribution is 7.92. The molecule has 0 aliphatic heterocycles. The van der Waals surface area contributed by atoms with Crippen LogP contribution in [0.3, 0.4) is 0 Å². The lowest BCUT2D eigenvalue weighted by Crippen LogP contribution is -2.53. The van der Waals surface area contributed by atoms with Crippen LogP contribution in [0.2, 0.25) is 0 Å². The number of benzene rings is 2. The molecule has 1 N–H and O–H groups in total. The van der Waals surface area contributed by atoms with Crippen molar-refractivity contribution in [3.05, 3.63) is 60.2 Å². The number of anilines is 1. The van der Waals surface area contributed by atoms with Gasteiger partial charge in [-0.1, -0.05) is 56.5 Å². The molecule has 1 unspecified atom stereocenters. The largest absolute Gasteiger partial charge is 0.497 e. The molecule has 1 aliphatic carbocycles. The van der Waals surface area contributed by atoms with Gasteiger partial charge in [0.2, 0.25) is 21.8 Å². The first-order valence-corrected chi connectivity index (χ1v) is 14.3. The van der Waals surface area contributed by atoms with Gasteiger partial charge in [-0.2, -0.15) is 0 Å². The van der Waals surface area contributed by atoms with Crippen LogP contribution in [0.15, 0.2) is 54.6 Å². The molecule has 0 bridgehead atoms. The van der Waals surface area contributed by atoms with Gasteiger partial charge < -0.3 is 15.0 Å². The van der Waals surface area contributed by atoms with Crippen LogP contribution >= 0.6 is 0 Å². The minimum Gasteiger partial charge on any atom is -0.497 e. The van der Waals surface area contributed by atoms with E-state index in [4.69, 9.17) is 4.74 Å². The summed E-state index contributed by atoms with van der Waals surface area (Å²) in [6, 6.07) is 15.2. The number of carbonyl (C=O) groups is 2. The molecule has 2 amide bonds. The van der Waals surface area contributed by atoms with Crippen LogP contribution in [-0.4, -0.2) is 57.1 Å². The summed E-state index contributed by atoms with van der Waals surface area (Å²) in [5.41, 5.74) is 1.22. The van der Waals surface area contributed by atoms with Crippen molar-refractivity contribution in [1.82, 2.24) is 10.2 Å². The standard InChI is InChI=1S/C27H37N3O5S/c1-4-25(27(32)28-22-11-7-5-8-12-22)29(19-21-15-17-24(35-2)18-16-21)26(31)20-30(36(3,33)34)23-13-9-6-10-14-23/h6,9-10,13-18,22,25H,4-5,7-8,11-12,19-20H2,1-3H3,(H,28,32). The smallest absolute Gasteiger partial charge is 0.244 e. The number of nitrogens with one attached hydrogen (secondary N) is 1. The zero-order chi connectivity index (χ0) is 26.1. The average molecular weight is 516 g/mol. The molecular formula is C27H37N3O5S. The van der Waals surface area contributed by atoms with Crippen LogP contribution in [0.25, 0.3) is 0 Å². The molecule has 36 heavy (non-hydrogen) atoms. The Bertz CT molecular complexity index is 1100. The molecule has 0 radical (unpaired) electrons. The normalized spacial score (nSPS) is 15.1. The molecule has 0 saturated heterocycles. The monoisotopic (exact) mass is 515 g/mol. The van der Waals surface area contributed by atoms with Gasteiger partial charge in [0, 0.05) is 12.6 Å². The molecule has 1 saturated carbocycles. The van der Waals surface area contributed by atoms with Gasteiger partial charge in [0.25, 0.3) is 0 Å². The predicted molar refractivity (Wildman–Crippen MR) is 141 cm³/mol. The topological polar surface area (TPSA) is 96.0 Å². The van der Waals surface area contributed by atoms with Gasteiger partial charge >= 0.3 is 0 Å². The molecule has 1 atom stereocenters. The summed E-state index contributed by atoms with van der Waals surface area (Å²) >= 11 is 0. The molecular weight excluding hydrogens is 478 g/mol. The van der Waals surface area contributed by atoms with Gasteiger partial charge in [0.15, 0.2) is 0 Å². The molecule has 2 aromatic rings. The van der Waals surface area contributed by atoms with Crippen molar-refractivity contribution in [2.24, 2.45) is 0 Å². The van der Waals surface area contributed by atoms with E-state index in [1.807, 2.05) is 19.1 Å². The Labute approximate surface area is 214 Å². The first kappa shape index (κ1) is 27.5. The molecule has 0 heterocycles. The van der Waals surface area contributed by atoms with Crippen molar-refractivity contribution in [3.63, 3.8) is 0 Å². The van der Waals surface area contributed by atoms with E-state index in [1.54, 1.807) is 49.6 Å². The Kier molecular flexibility index (Phi) is 9.75. The van der Waals surface area contributed by atoms with E-state index in [2.05, 4.69) is 5.32 Å². The number of ether oxygens (including phenoxy) is 1. The highest BCUT2D eigenvalue weighted by Crippen LogP contribution is 2.22. The molecule has 1 aliphatic rings. The third kappa shape index (κ3) is 7.46. The lowest BCUT2D eigenvalue weighted by Gasteiger charge is -2.34. The highest BCUT2D eigenvalue weighted by atomic mass is 32.2.